The third kappa shape index (κ3) is 6.74. The lowest BCUT2D eigenvalue weighted by Gasteiger charge is -2.29. The Morgan fingerprint density at radius 2 is 1.87 bits per heavy atom. The molecule has 0 radical (unpaired) electrons. The first-order valence-electron chi connectivity index (χ1n) is 9.94. The molecule has 0 aliphatic carbocycles. The zero-order valence-electron chi connectivity index (χ0n) is 17.8. The molecule has 1 atom stereocenters. The van der Waals surface area contributed by atoms with Crippen molar-refractivity contribution < 1.29 is 14.3 Å². The van der Waals surface area contributed by atoms with Crippen LogP contribution >= 0.6 is 27.5 Å². The molecule has 0 aliphatic rings. The van der Waals surface area contributed by atoms with Crippen LogP contribution in [0, 0.1) is 13.8 Å². The molecule has 0 bridgehead atoms. The molecule has 5 nitrogen and oxygen atoms in total. The molecule has 2 rings (SSSR count). The molecule has 0 fully saturated rings. The summed E-state index contributed by atoms with van der Waals surface area (Å²) in [5.41, 5.74) is 2.70. The van der Waals surface area contributed by atoms with Crippen molar-refractivity contribution >= 4 is 39.3 Å². The van der Waals surface area contributed by atoms with Crippen LogP contribution in [0.2, 0.25) is 5.02 Å². The van der Waals surface area contributed by atoms with Crippen LogP contribution in [0.25, 0.3) is 0 Å². The van der Waals surface area contributed by atoms with Crippen LogP contribution < -0.4 is 10.1 Å². The Labute approximate surface area is 191 Å². The number of nitrogens with one attached hydrogen (secondary N) is 1. The Morgan fingerprint density at radius 1 is 1.20 bits per heavy atom. The van der Waals surface area contributed by atoms with E-state index in [-0.39, 0.29) is 18.4 Å². The number of carbonyl (C=O) groups is 2. The molecular weight excluding hydrogens is 468 g/mol. The predicted octanol–water partition coefficient (Wildman–Crippen LogP) is 5.04. The highest BCUT2D eigenvalue weighted by atomic mass is 79.9. The Kier molecular flexibility index (Phi) is 9.18. The molecule has 7 heteroatoms. The van der Waals surface area contributed by atoms with Gasteiger partial charge in [0.1, 0.15) is 11.8 Å². The highest BCUT2D eigenvalue weighted by molar-refractivity contribution is 9.10. The Morgan fingerprint density at radius 3 is 2.47 bits per heavy atom. The van der Waals surface area contributed by atoms with E-state index in [0.717, 1.165) is 27.6 Å². The third-order valence-corrected chi connectivity index (χ3v) is 5.82. The Bertz CT molecular complexity index is 881. The van der Waals surface area contributed by atoms with Gasteiger partial charge in [0.2, 0.25) is 5.91 Å². The first-order chi connectivity index (χ1) is 14.2. The number of hydrogen-bond donors (Lipinski definition) is 1. The number of aryl methyl sites for hydroxylation is 2. The zero-order chi connectivity index (χ0) is 22.3. The molecule has 30 heavy (non-hydrogen) atoms. The topological polar surface area (TPSA) is 58.6 Å². The van der Waals surface area contributed by atoms with Crippen LogP contribution in [0.1, 0.15) is 37.0 Å². The van der Waals surface area contributed by atoms with Gasteiger partial charge in [-0.05, 0) is 68.1 Å². The molecule has 162 valence electrons. The quantitative estimate of drug-likeness (QED) is 0.530. The van der Waals surface area contributed by atoms with Gasteiger partial charge in [-0.3, -0.25) is 9.59 Å². The summed E-state index contributed by atoms with van der Waals surface area (Å²) in [7, 11) is 0. The van der Waals surface area contributed by atoms with Crippen LogP contribution in [0.3, 0.4) is 0 Å². The Hall–Kier alpha value is -2.05. The van der Waals surface area contributed by atoms with Crippen molar-refractivity contribution in [2.75, 3.05) is 13.2 Å². The zero-order valence-corrected chi connectivity index (χ0v) is 20.1. The number of amides is 2. The van der Waals surface area contributed by atoms with Gasteiger partial charge in [0.15, 0.2) is 6.61 Å². The van der Waals surface area contributed by atoms with Gasteiger partial charge in [0.25, 0.3) is 5.91 Å². The van der Waals surface area contributed by atoms with Crippen molar-refractivity contribution in [3.63, 3.8) is 0 Å². The number of nitrogens with zero attached hydrogens (tertiary/aromatic N) is 1. The molecule has 0 saturated carbocycles. The second kappa shape index (κ2) is 11.4. The molecule has 2 aromatic rings. The summed E-state index contributed by atoms with van der Waals surface area (Å²) >= 11 is 9.66. The van der Waals surface area contributed by atoms with E-state index in [1.165, 1.54) is 0 Å². The minimum atomic E-state index is -0.625. The van der Waals surface area contributed by atoms with Gasteiger partial charge in [0, 0.05) is 22.6 Å². The van der Waals surface area contributed by atoms with Crippen LogP contribution in [0.15, 0.2) is 40.9 Å². The van der Waals surface area contributed by atoms with Crippen molar-refractivity contribution in [1.29, 1.82) is 0 Å². The number of carbonyl (C=O) groups excluding carboxylic acids is 2. The van der Waals surface area contributed by atoms with Gasteiger partial charge in [-0.25, -0.2) is 0 Å². The number of hydrogen-bond acceptors (Lipinski definition) is 3. The number of benzene rings is 2. The lowest BCUT2D eigenvalue weighted by molar-refractivity contribution is -0.142. The number of halogens is 2. The fourth-order valence-corrected chi connectivity index (χ4v) is 3.58. The van der Waals surface area contributed by atoms with E-state index in [4.69, 9.17) is 16.3 Å². The number of ether oxygens (including phenoxy) is 1. The minimum absolute atomic E-state index is 0.167. The first-order valence-corrected chi connectivity index (χ1v) is 11.1. The van der Waals surface area contributed by atoms with E-state index in [2.05, 4.69) is 21.2 Å². The summed E-state index contributed by atoms with van der Waals surface area (Å²) in [6, 6.07) is 10.7. The van der Waals surface area contributed by atoms with Crippen molar-refractivity contribution in [2.24, 2.45) is 0 Å². The fraction of sp³-hybridized carbons (Fsp3) is 0.391. The first kappa shape index (κ1) is 24.2. The van der Waals surface area contributed by atoms with Gasteiger partial charge >= 0.3 is 0 Å². The summed E-state index contributed by atoms with van der Waals surface area (Å²) in [4.78, 5) is 27.1. The van der Waals surface area contributed by atoms with E-state index in [1.54, 1.807) is 24.0 Å². The lowest BCUT2D eigenvalue weighted by Crippen LogP contribution is -2.49. The average Bonchev–Trinajstić information content (AvgIpc) is 2.71. The largest absolute Gasteiger partial charge is 0.484 e. The monoisotopic (exact) mass is 494 g/mol. The maximum atomic E-state index is 13.0. The maximum absolute atomic E-state index is 13.0. The normalized spacial score (nSPS) is 11.7. The molecular formula is C23H28BrClN2O3. The van der Waals surface area contributed by atoms with Crippen molar-refractivity contribution in [1.82, 2.24) is 10.2 Å². The van der Waals surface area contributed by atoms with Crippen molar-refractivity contribution in [3.05, 3.63) is 62.6 Å². The minimum Gasteiger partial charge on any atom is -0.484 e. The van der Waals surface area contributed by atoms with Crippen LogP contribution in [-0.2, 0) is 16.1 Å². The maximum Gasteiger partial charge on any atom is 0.261 e. The van der Waals surface area contributed by atoms with Gasteiger partial charge in [-0.2, -0.15) is 0 Å². The highest BCUT2D eigenvalue weighted by Crippen LogP contribution is 2.26. The second-order valence-corrected chi connectivity index (χ2v) is 8.57. The predicted molar refractivity (Wildman–Crippen MR) is 124 cm³/mol. The van der Waals surface area contributed by atoms with E-state index < -0.39 is 6.04 Å². The molecule has 0 aliphatic heterocycles. The molecule has 0 saturated heterocycles. The molecule has 1 N–H and O–H groups in total. The molecule has 2 amide bonds. The molecule has 0 heterocycles. The summed E-state index contributed by atoms with van der Waals surface area (Å²) < 4.78 is 6.66. The fourth-order valence-electron chi connectivity index (χ4n) is 3.03. The standard InChI is InChI=1S/C23H28BrClN2O3/c1-5-9-26-23(29)17(4)27(13-18-7-6-8-19(24)12-18)21(28)14-30-20-10-15(2)22(25)16(3)11-20/h6-8,10-12,17H,5,9,13-14H2,1-4H3,(H,26,29). The van der Waals surface area contributed by atoms with Crippen LogP contribution in [0.4, 0.5) is 0 Å². The van der Waals surface area contributed by atoms with Crippen molar-refractivity contribution in [3.8, 4) is 5.75 Å². The molecule has 2 aromatic carbocycles. The SMILES string of the molecule is CCCNC(=O)C(C)N(Cc1cccc(Br)c1)C(=O)COc1cc(C)c(Cl)c(C)c1. The van der Waals surface area contributed by atoms with Crippen LogP contribution in [-0.4, -0.2) is 35.9 Å². The summed E-state index contributed by atoms with van der Waals surface area (Å²) in [6.07, 6.45) is 0.830. The van der Waals surface area contributed by atoms with E-state index in [0.29, 0.717) is 23.9 Å². The highest BCUT2D eigenvalue weighted by Gasteiger charge is 2.26. The van der Waals surface area contributed by atoms with Gasteiger partial charge < -0.3 is 15.0 Å². The molecule has 0 aromatic heterocycles. The lowest BCUT2D eigenvalue weighted by atomic mass is 10.1. The summed E-state index contributed by atoms with van der Waals surface area (Å²) in [6.45, 7) is 8.22. The molecule has 1 unspecified atom stereocenters. The van der Waals surface area contributed by atoms with Gasteiger partial charge in [-0.1, -0.05) is 46.6 Å². The van der Waals surface area contributed by atoms with Crippen molar-refractivity contribution in [2.45, 2.75) is 46.7 Å². The summed E-state index contributed by atoms with van der Waals surface area (Å²) in [5, 5.41) is 3.55. The molecule has 0 spiro atoms. The average molecular weight is 496 g/mol. The van der Waals surface area contributed by atoms with Gasteiger partial charge in [-0.15, -0.1) is 0 Å². The van der Waals surface area contributed by atoms with E-state index in [9.17, 15) is 9.59 Å². The summed E-state index contributed by atoms with van der Waals surface area (Å²) in [5.74, 6) is 0.131. The van der Waals surface area contributed by atoms with E-state index in [1.807, 2.05) is 45.0 Å². The number of rotatable bonds is 9. The third-order valence-electron chi connectivity index (χ3n) is 4.73. The van der Waals surface area contributed by atoms with Crippen LogP contribution in [0.5, 0.6) is 5.75 Å². The van der Waals surface area contributed by atoms with Gasteiger partial charge in [0.05, 0.1) is 0 Å². The Balaban J connectivity index is 2.17. The smallest absolute Gasteiger partial charge is 0.261 e. The second-order valence-electron chi connectivity index (χ2n) is 7.28. The van der Waals surface area contributed by atoms with E-state index >= 15 is 0 Å².